The molecule has 0 saturated heterocycles. The Bertz CT molecular complexity index is 356. The van der Waals surface area contributed by atoms with E-state index >= 15 is 0 Å². The third-order valence-electron chi connectivity index (χ3n) is 4.59. The first-order chi connectivity index (χ1) is 8.41. The van der Waals surface area contributed by atoms with Crippen LogP contribution < -0.4 is 5.32 Å². The second-order valence-electron chi connectivity index (χ2n) is 5.88. The maximum atomic E-state index is 12.0. The van der Waals surface area contributed by atoms with Crippen LogP contribution in [0.15, 0.2) is 0 Å². The Morgan fingerprint density at radius 1 is 1.28 bits per heavy atom. The fraction of sp³-hybridized carbons (Fsp3) is 0.846. The summed E-state index contributed by atoms with van der Waals surface area (Å²) >= 11 is 0. The van der Waals surface area contributed by atoms with Crippen molar-refractivity contribution in [1.82, 2.24) is 10.2 Å². The van der Waals surface area contributed by atoms with Crippen molar-refractivity contribution >= 4 is 12.0 Å². The highest BCUT2D eigenvalue weighted by molar-refractivity contribution is 5.77. The molecule has 2 aliphatic rings. The fourth-order valence-electron chi connectivity index (χ4n) is 3.33. The maximum absolute atomic E-state index is 12.0. The van der Waals surface area contributed by atoms with E-state index < -0.39 is 11.9 Å². The Balaban J connectivity index is 2.04. The van der Waals surface area contributed by atoms with Gasteiger partial charge in [0, 0.05) is 19.1 Å². The largest absolute Gasteiger partial charge is 0.481 e. The number of fused-ring (bicyclic) bond motifs is 2. The molecular formula is C13H22N2O3. The van der Waals surface area contributed by atoms with Gasteiger partial charge in [0.15, 0.2) is 0 Å². The van der Waals surface area contributed by atoms with Crippen LogP contribution in [0.3, 0.4) is 0 Å². The average Bonchev–Trinajstić information content (AvgIpc) is 2.87. The van der Waals surface area contributed by atoms with Crippen molar-refractivity contribution in [3.05, 3.63) is 0 Å². The van der Waals surface area contributed by atoms with Crippen molar-refractivity contribution in [1.29, 1.82) is 0 Å². The van der Waals surface area contributed by atoms with Crippen molar-refractivity contribution in [2.45, 2.75) is 45.2 Å². The zero-order valence-electron chi connectivity index (χ0n) is 11.2. The highest BCUT2D eigenvalue weighted by Crippen LogP contribution is 2.48. The molecule has 2 rings (SSSR count). The van der Waals surface area contributed by atoms with Gasteiger partial charge in [0.25, 0.3) is 0 Å². The number of urea groups is 1. The summed E-state index contributed by atoms with van der Waals surface area (Å²) in [6, 6.07) is -0.226. The summed E-state index contributed by atoms with van der Waals surface area (Å²) in [7, 11) is 1.74. The molecule has 0 aromatic heterocycles. The van der Waals surface area contributed by atoms with E-state index in [1.165, 1.54) is 0 Å². The number of hydrogen-bond acceptors (Lipinski definition) is 2. The van der Waals surface area contributed by atoms with E-state index in [9.17, 15) is 14.7 Å². The smallest absolute Gasteiger partial charge is 0.317 e. The van der Waals surface area contributed by atoms with Crippen molar-refractivity contribution in [3.8, 4) is 0 Å². The van der Waals surface area contributed by atoms with Crippen LogP contribution in [0.4, 0.5) is 4.79 Å². The van der Waals surface area contributed by atoms with E-state index in [2.05, 4.69) is 5.32 Å². The summed E-state index contributed by atoms with van der Waals surface area (Å²) in [5.74, 6) is -0.560. The standard InChI is InChI=1S/C13H22N2O3/c1-7(2)15(3)13(18)14-11-9-5-4-8(6-9)10(11)12(16)17/h7-11H,4-6H2,1-3H3,(H,14,18)(H,16,17). The second-order valence-corrected chi connectivity index (χ2v) is 5.88. The van der Waals surface area contributed by atoms with E-state index in [0.29, 0.717) is 5.92 Å². The Morgan fingerprint density at radius 3 is 2.44 bits per heavy atom. The normalized spacial score (nSPS) is 33.8. The van der Waals surface area contributed by atoms with Crippen LogP contribution >= 0.6 is 0 Å². The molecule has 18 heavy (non-hydrogen) atoms. The Hall–Kier alpha value is -1.26. The molecule has 5 nitrogen and oxygen atoms in total. The summed E-state index contributed by atoms with van der Waals surface area (Å²) in [5, 5.41) is 12.2. The van der Waals surface area contributed by atoms with Gasteiger partial charge in [-0.05, 0) is 44.9 Å². The SMILES string of the molecule is CC(C)N(C)C(=O)NC1C2CCC(C2)C1C(=O)O. The van der Waals surface area contributed by atoms with Gasteiger partial charge in [-0.15, -0.1) is 0 Å². The number of hydrogen-bond donors (Lipinski definition) is 2. The van der Waals surface area contributed by atoms with Crippen molar-refractivity contribution in [2.24, 2.45) is 17.8 Å². The topological polar surface area (TPSA) is 69.6 Å². The lowest BCUT2D eigenvalue weighted by Gasteiger charge is -2.31. The predicted molar refractivity (Wildman–Crippen MR) is 67.2 cm³/mol. The van der Waals surface area contributed by atoms with E-state index in [4.69, 9.17) is 0 Å². The van der Waals surface area contributed by atoms with Gasteiger partial charge in [-0.3, -0.25) is 4.79 Å². The number of rotatable bonds is 3. The molecule has 0 spiro atoms. The average molecular weight is 254 g/mol. The summed E-state index contributed by atoms with van der Waals surface area (Å²) in [6.07, 6.45) is 2.99. The number of nitrogens with one attached hydrogen (secondary N) is 1. The number of carbonyl (C=O) groups is 2. The predicted octanol–water partition coefficient (Wildman–Crippen LogP) is 1.54. The van der Waals surface area contributed by atoms with Crippen molar-refractivity contribution < 1.29 is 14.7 Å². The highest BCUT2D eigenvalue weighted by Gasteiger charge is 2.51. The molecule has 0 aliphatic heterocycles. The minimum Gasteiger partial charge on any atom is -0.481 e. The summed E-state index contributed by atoms with van der Waals surface area (Å²) in [6.45, 7) is 3.88. The number of amides is 2. The molecule has 0 aromatic carbocycles. The number of carboxylic acid groups (broad SMARTS) is 1. The van der Waals surface area contributed by atoms with Gasteiger partial charge in [-0.25, -0.2) is 4.79 Å². The van der Waals surface area contributed by atoms with Crippen LogP contribution in [0.5, 0.6) is 0 Å². The Morgan fingerprint density at radius 2 is 1.89 bits per heavy atom. The third-order valence-corrected chi connectivity index (χ3v) is 4.59. The number of carbonyl (C=O) groups excluding carboxylic acids is 1. The molecule has 102 valence electrons. The van der Waals surface area contributed by atoms with Crippen LogP contribution in [0.2, 0.25) is 0 Å². The van der Waals surface area contributed by atoms with Gasteiger partial charge in [0.2, 0.25) is 0 Å². The van der Waals surface area contributed by atoms with Gasteiger partial charge in [0.05, 0.1) is 5.92 Å². The number of nitrogens with zero attached hydrogens (tertiary/aromatic N) is 1. The van der Waals surface area contributed by atoms with Gasteiger partial charge >= 0.3 is 12.0 Å². The molecule has 2 aliphatic carbocycles. The van der Waals surface area contributed by atoms with Gasteiger partial charge in [0.1, 0.15) is 0 Å². The zero-order valence-corrected chi connectivity index (χ0v) is 11.2. The molecular weight excluding hydrogens is 232 g/mol. The fourth-order valence-corrected chi connectivity index (χ4v) is 3.33. The monoisotopic (exact) mass is 254 g/mol. The van der Waals surface area contributed by atoms with Crippen LogP contribution in [0.25, 0.3) is 0 Å². The molecule has 0 heterocycles. The van der Waals surface area contributed by atoms with Crippen LogP contribution in [0, 0.1) is 17.8 Å². The van der Waals surface area contributed by atoms with Crippen molar-refractivity contribution in [3.63, 3.8) is 0 Å². The molecule has 5 heteroatoms. The molecule has 0 aromatic rings. The minimum absolute atomic E-state index is 0.117. The third kappa shape index (κ3) is 2.18. The highest BCUT2D eigenvalue weighted by atomic mass is 16.4. The summed E-state index contributed by atoms with van der Waals surface area (Å²) in [4.78, 5) is 24.9. The summed E-state index contributed by atoms with van der Waals surface area (Å²) < 4.78 is 0. The molecule has 2 saturated carbocycles. The van der Waals surface area contributed by atoms with E-state index in [0.717, 1.165) is 19.3 Å². The first-order valence-electron chi connectivity index (χ1n) is 6.68. The van der Waals surface area contributed by atoms with Crippen LogP contribution in [0.1, 0.15) is 33.1 Å². The maximum Gasteiger partial charge on any atom is 0.317 e. The molecule has 0 radical (unpaired) electrons. The first-order valence-corrected chi connectivity index (χ1v) is 6.68. The van der Waals surface area contributed by atoms with Crippen molar-refractivity contribution in [2.75, 3.05) is 7.05 Å². The minimum atomic E-state index is -0.764. The van der Waals surface area contributed by atoms with E-state index in [1.54, 1.807) is 11.9 Å². The van der Waals surface area contributed by atoms with E-state index in [-0.39, 0.29) is 24.0 Å². The van der Waals surface area contributed by atoms with Crippen LogP contribution in [-0.2, 0) is 4.79 Å². The molecule has 2 fully saturated rings. The molecule has 2 bridgehead atoms. The number of aliphatic carboxylic acids is 1. The molecule has 4 unspecified atom stereocenters. The lowest BCUT2D eigenvalue weighted by atomic mass is 9.84. The lowest BCUT2D eigenvalue weighted by Crippen LogP contribution is -2.51. The Kier molecular flexibility index (Phi) is 3.50. The number of carboxylic acids is 1. The molecule has 2 N–H and O–H groups in total. The first kappa shape index (κ1) is 13.2. The molecule has 2 amide bonds. The quantitative estimate of drug-likeness (QED) is 0.802. The van der Waals surface area contributed by atoms with Gasteiger partial charge in [-0.1, -0.05) is 0 Å². The van der Waals surface area contributed by atoms with Crippen LogP contribution in [-0.4, -0.2) is 41.1 Å². The lowest BCUT2D eigenvalue weighted by molar-refractivity contribution is -0.144. The van der Waals surface area contributed by atoms with E-state index in [1.807, 2.05) is 13.8 Å². The second kappa shape index (κ2) is 4.78. The van der Waals surface area contributed by atoms with Gasteiger partial charge in [-0.2, -0.15) is 0 Å². The summed E-state index contributed by atoms with van der Waals surface area (Å²) in [5.41, 5.74) is 0. The van der Waals surface area contributed by atoms with Gasteiger partial charge < -0.3 is 15.3 Å². The zero-order chi connectivity index (χ0) is 13.4. The molecule has 4 atom stereocenters. The Labute approximate surface area is 108 Å².